The lowest BCUT2D eigenvalue weighted by Crippen LogP contribution is -2.09. The van der Waals surface area contributed by atoms with E-state index in [0.717, 1.165) is 50.3 Å². The Labute approximate surface area is 283 Å². The molecule has 0 radical (unpaired) electrons. The second kappa shape index (κ2) is 11.0. The molecule has 0 fully saturated rings. The first-order valence-electron chi connectivity index (χ1n) is 16.7. The number of hydrogen-bond donors (Lipinski definition) is 0. The van der Waals surface area contributed by atoms with Crippen molar-refractivity contribution in [2.75, 3.05) is 4.90 Å². The summed E-state index contributed by atoms with van der Waals surface area (Å²) < 4.78 is 8.51. The molecule has 0 aliphatic carbocycles. The van der Waals surface area contributed by atoms with Crippen LogP contribution in [-0.4, -0.2) is 4.57 Å². The lowest BCUT2D eigenvalue weighted by Gasteiger charge is -2.26. The van der Waals surface area contributed by atoms with E-state index in [4.69, 9.17) is 4.42 Å². The van der Waals surface area contributed by atoms with E-state index in [9.17, 15) is 0 Å². The average Bonchev–Trinajstić information content (AvgIpc) is 3.72. The number of furan rings is 1. The van der Waals surface area contributed by atoms with Gasteiger partial charge in [-0.1, -0.05) is 109 Å². The van der Waals surface area contributed by atoms with E-state index in [1.807, 2.05) is 12.1 Å². The summed E-state index contributed by atoms with van der Waals surface area (Å²) in [5.74, 6) is 0. The van der Waals surface area contributed by atoms with Crippen LogP contribution in [0.2, 0.25) is 0 Å². The van der Waals surface area contributed by atoms with E-state index in [-0.39, 0.29) is 0 Å². The fourth-order valence-electron chi connectivity index (χ4n) is 7.48. The van der Waals surface area contributed by atoms with Crippen LogP contribution in [0.4, 0.5) is 17.1 Å². The van der Waals surface area contributed by atoms with E-state index in [0.29, 0.717) is 0 Å². The van der Waals surface area contributed by atoms with Crippen molar-refractivity contribution in [3.8, 4) is 16.8 Å². The summed E-state index contributed by atoms with van der Waals surface area (Å²) in [6.07, 6.45) is 0. The summed E-state index contributed by atoms with van der Waals surface area (Å²) in [6.45, 7) is 0. The number of benzene rings is 8. The maximum absolute atomic E-state index is 6.09. The van der Waals surface area contributed by atoms with Gasteiger partial charge in [0.1, 0.15) is 11.2 Å². The SMILES string of the molecule is c1ccc(N(c2ccc(-c3ccc4oc5ccccc5c4c3)cc2)c2ccc3ccc4c5ccccc5n(-c5ccccc5)c4c3c2)cc1. The van der Waals surface area contributed by atoms with Crippen molar-refractivity contribution in [3.05, 3.63) is 182 Å². The maximum atomic E-state index is 6.09. The number of aromatic nitrogens is 1. The van der Waals surface area contributed by atoms with Gasteiger partial charge in [-0.25, -0.2) is 0 Å². The molecule has 10 rings (SSSR count). The van der Waals surface area contributed by atoms with Gasteiger partial charge < -0.3 is 13.9 Å². The number of fused-ring (bicyclic) bond motifs is 8. The highest BCUT2D eigenvalue weighted by Gasteiger charge is 2.18. The van der Waals surface area contributed by atoms with Crippen LogP contribution in [0.25, 0.3) is 71.3 Å². The zero-order chi connectivity index (χ0) is 32.3. The molecule has 8 aromatic carbocycles. The topological polar surface area (TPSA) is 21.3 Å². The minimum Gasteiger partial charge on any atom is -0.456 e. The Hall–Kier alpha value is -6.58. The molecule has 3 heteroatoms. The van der Waals surface area contributed by atoms with Crippen molar-refractivity contribution in [2.24, 2.45) is 0 Å². The number of nitrogens with zero attached hydrogens (tertiary/aromatic N) is 2. The third-order valence-corrected chi connectivity index (χ3v) is 9.76. The van der Waals surface area contributed by atoms with Crippen molar-refractivity contribution in [3.63, 3.8) is 0 Å². The molecule has 230 valence electrons. The molecule has 49 heavy (non-hydrogen) atoms. The van der Waals surface area contributed by atoms with E-state index in [1.54, 1.807) is 0 Å². The molecule has 0 atom stereocenters. The van der Waals surface area contributed by atoms with Gasteiger partial charge in [0.15, 0.2) is 0 Å². The molecular formula is C46H30N2O. The lowest BCUT2D eigenvalue weighted by molar-refractivity contribution is 0.669. The maximum Gasteiger partial charge on any atom is 0.135 e. The van der Waals surface area contributed by atoms with Crippen LogP contribution < -0.4 is 4.90 Å². The van der Waals surface area contributed by atoms with E-state index in [1.165, 1.54) is 38.1 Å². The summed E-state index contributed by atoms with van der Waals surface area (Å²) in [7, 11) is 0. The van der Waals surface area contributed by atoms with Gasteiger partial charge in [-0.05, 0) is 89.3 Å². The quantitative estimate of drug-likeness (QED) is 0.190. The van der Waals surface area contributed by atoms with Gasteiger partial charge in [-0.15, -0.1) is 0 Å². The first kappa shape index (κ1) is 27.5. The molecule has 0 amide bonds. The Kier molecular flexibility index (Phi) is 6.18. The predicted molar refractivity (Wildman–Crippen MR) is 206 cm³/mol. The van der Waals surface area contributed by atoms with Crippen molar-refractivity contribution in [1.29, 1.82) is 0 Å². The summed E-state index contributed by atoms with van der Waals surface area (Å²) in [6, 6.07) is 65.0. The number of hydrogen-bond acceptors (Lipinski definition) is 2. The van der Waals surface area contributed by atoms with Gasteiger partial charge in [0.05, 0.1) is 11.0 Å². The lowest BCUT2D eigenvalue weighted by atomic mass is 10.0. The van der Waals surface area contributed by atoms with Gasteiger partial charge >= 0.3 is 0 Å². The standard InChI is InChI=1S/C46H30N2O/c1-3-11-34(12-4-1)47(36-24-19-31(20-25-36)33-23-28-45-42(29-33)39-16-8-10-18-44(39)49-45)37-26-21-32-22-27-40-38-15-7-9-17-43(38)48(46(40)41(32)30-37)35-13-5-2-6-14-35/h1-30H. The van der Waals surface area contributed by atoms with Gasteiger partial charge in [0.25, 0.3) is 0 Å². The van der Waals surface area contributed by atoms with Crippen molar-refractivity contribution in [1.82, 2.24) is 4.57 Å². The van der Waals surface area contributed by atoms with Crippen LogP contribution in [0, 0.1) is 0 Å². The van der Waals surface area contributed by atoms with Crippen LogP contribution in [0.15, 0.2) is 186 Å². The average molecular weight is 627 g/mol. The normalized spacial score (nSPS) is 11.7. The molecule has 2 heterocycles. The predicted octanol–water partition coefficient (Wildman–Crippen LogP) is 13.0. The zero-order valence-corrected chi connectivity index (χ0v) is 26.6. The molecule has 0 saturated heterocycles. The third-order valence-electron chi connectivity index (χ3n) is 9.76. The Morgan fingerprint density at radius 2 is 1.02 bits per heavy atom. The zero-order valence-electron chi connectivity index (χ0n) is 26.6. The number of anilines is 3. The summed E-state index contributed by atoms with van der Waals surface area (Å²) in [5.41, 5.74) is 11.1. The van der Waals surface area contributed by atoms with Crippen LogP contribution >= 0.6 is 0 Å². The highest BCUT2D eigenvalue weighted by atomic mass is 16.3. The molecule has 0 aliphatic heterocycles. The molecule has 0 spiro atoms. The highest BCUT2D eigenvalue weighted by molar-refractivity contribution is 6.19. The summed E-state index contributed by atoms with van der Waals surface area (Å²) in [4.78, 5) is 2.35. The highest BCUT2D eigenvalue weighted by Crippen LogP contribution is 2.41. The number of rotatable bonds is 5. The first-order chi connectivity index (χ1) is 24.3. The van der Waals surface area contributed by atoms with Crippen LogP contribution in [-0.2, 0) is 0 Å². The Morgan fingerprint density at radius 3 is 1.86 bits per heavy atom. The fraction of sp³-hybridized carbons (Fsp3) is 0. The van der Waals surface area contributed by atoms with Crippen LogP contribution in [0.3, 0.4) is 0 Å². The van der Waals surface area contributed by atoms with Crippen LogP contribution in [0.1, 0.15) is 0 Å². The number of para-hydroxylation sites is 4. The van der Waals surface area contributed by atoms with Crippen molar-refractivity contribution >= 4 is 71.6 Å². The second-order valence-electron chi connectivity index (χ2n) is 12.6. The Balaban J connectivity index is 1.14. The minimum atomic E-state index is 0.911. The molecular weight excluding hydrogens is 597 g/mol. The van der Waals surface area contributed by atoms with Crippen molar-refractivity contribution < 1.29 is 4.42 Å². The van der Waals surface area contributed by atoms with E-state index < -0.39 is 0 Å². The molecule has 3 nitrogen and oxygen atoms in total. The van der Waals surface area contributed by atoms with Gasteiger partial charge in [-0.3, -0.25) is 0 Å². The second-order valence-corrected chi connectivity index (χ2v) is 12.6. The molecule has 2 aromatic heterocycles. The molecule has 0 saturated carbocycles. The molecule has 0 bridgehead atoms. The Bertz CT molecular complexity index is 2810. The molecule has 0 N–H and O–H groups in total. The summed E-state index contributed by atoms with van der Waals surface area (Å²) in [5, 5.41) is 7.21. The molecule has 0 unspecified atom stereocenters. The largest absolute Gasteiger partial charge is 0.456 e. The Morgan fingerprint density at radius 1 is 0.388 bits per heavy atom. The van der Waals surface area contributed by atoms with E-state index >= 15 is 0 Å². The van der Waals surface area contributed by atoms with Gasteiger partial charge in [0, 0.05) is 49.7 Å². The smallest absolute Gasteiger partial charge is 0.135 e. The summed E-state index contributed by atoms with van der Waals surface area (Å²) >= 11 is 0. The van der Waals surface area contributed by atoms with E-state index in [2.05, 4.69) is 179 Å². The minimum absolute atomic E-state index is 0.911. The first-order valence-corrected chi connectivity index (χ1v) is 16.7. The monoisotopic (exact) mass is 626 g/mol. The molecule has 0 aliphatic rings. The fourth-order valence-corrected chi connectivity index (χ4v) is 7.48. The van der Waals surface area contributed by atoms with Gasteiger partial charge in [-0.2, -0.15) is 0 Å². The van der Waals surface area contributed by atoms with Gasteiger partial charge in [0.2, 0.25) is 0 Å². The van der Waals surface area contributed by atoms with Crippen LogP contribution in [0.5, 0.6) is 0 Å². The third kappa shape index (κ3) is 4.44. The molecule has 10 aromatic rings. The van der Waals surface area contributed by atoms with Crippen molar-refractivity contribution in [2.45, 2.75) is 0 Å².